The van der Waals surface area contributed by atoms with Crippen molar-refractivity contribution in [3.8, 4) is 0 Å². The number of carbonyl (C=O) groups excluding carboxylic acids is 1. The van der Waals surface area contributed by atoms with Gasteiger partial charge in [-0.2, -0.15) is 0 Å². The summed E-state index contributed by atoms with van der Waals surface area (Å²) < 4.78 is 23.3. The molecule has 1 aromatic carbocycles. The zero-order valence-corrected chi connectivity index (χ0v) is 16.7. The predicted octanol–water partition coefficient (Wildman–Crippen LogP) is 2.33. The first kappa shape index (κ1) is 19.9. The molecule has 1 atom stereocenters. The Bertz CT molecular complexity index is 712. The van der Waals surface area contributed by atoms with Gasteiger partial charge in [0.15, 0.2) is 14.6 Å². The van der Waals surface area contributed by atoms with Gasteiger partial charge in [0.05, 0.1) is 6.04 Å². The second-order valence-corrected chi connectivity index (χ2v) is 10.4. The van der Waals surface area contributed by atoms with Crippen LogP contribution in [0.2, 0.25) is 0 Å². The first-order valence-corrected chi connectivity index (χ1v) is 10.7. The van der Waals surface area contributed by atoms with Crippen LogP contribution in [0.4, 0.5) is 0 Å². The fraction of sp³-hybridized carbons (Fsp3) is 0.632. The average Bonchev–Trinajstić information content (AvgIpc) is 2.53. The molecule has 0 aromatic heterocycles. The highest BCUT2D eigenvalue weighted by Gasteiger charge is 2.48. The van der Waals surface area contributed by atoms with E-state index in [1.54, 1.807) is 0 Å². The van der Waals surface area contributed by atoms with Gasteiger partial charge in [-0.3, -0.25) is 4.79 Å². The van der Waals surface area contributed by atoms with E-state index >= 15 is 0 Å². The molecule has 2 N–H and O–H groups in total. The summed E-state index contributed by atoms with van der Waals surface area (Å²) in [7, 11) is -3.49. The highest BCUT2D eigenvalue weighted by molar-refractivity contribution is 7.92. The predicted molar refractivity (Wildman–Crippen MR) is 101 cm³/mol. The fourth-order valence-electron chi connectivity index (χ4n) is 3.28. The maximum Gasteiger partial charge on any atom is 0.242 e. The van der Waals surface area contributed by atoms with E-state index < -0.39 is 14.6 Å². The van der Waals surface area contributed by atoms with Crippen LogP contribution in [0.25, 0.3) is 0 Å². The molecule has 1 aliphatic rings. The summed E-state index contributed by atoms with van der Waals surface area (Å²) in [6.07, 6.45) is 1.79. The van der Waals surface area contributed by atoms with Crippen LogP contribution in [0.15, 0.2) is 24.3 Å². The van der Waals surface area contributed by atoms with Crippen LogP contribution >= 0.6 is 0 Å². The van der Waals surface area contributed by atoms with Crippen molar-refractivity contribution in [3.63, 3.8) is 0 Å². The number of piperidine rings is 1. The fourth-order valence-corrected chi connectivity index (χ4v) is 4.62. The Kier molecular flexibility index (Phi) is 5.64. The number of hydrogen-bond donors (Lipinski definition) is 2. The molecule has 1 aliphatic heterocycles. The molecule has 25 heavy (non-hydrogen) atoms. The largest absolute Gasteiger partial charge is 0.348 e. The third-order valence-electron chi connectivity index (χ3n) is 5.16. The van der Waals surface area contributed by atoms with Crippen molar-refractivity contribution in [1.29, 1.82) is 0 Å². The van der Waals surface area contributed by atoms with Crippen molar-refractivity contribution in [2.45, 2.75) is 56.7 Å². The summed E-state index contributed by atoms with van der Waals surface area (Å²) in [5.74, 6) is -0.385. The molecular weight excluding hydrogens is 336 g/mol. The van der Waals surface area contributed by atoms with Crippen LogP contribution in [0, 0.1) is 0 Å². The van der Waals surface area contributed by atoms with Gasteiger partial charge in [-0.25, -0.2) is 8.42 Å². The van der Waals surface area contributed by atoms with E-state index in [2.05, 4.69) is 43.5 Å². The van der Waals surface area contributed by atoms with E-state index in [1.807, 2.05) is 19.1 Å². The third-order valence-corrected chi connectivity index (χ3v) is 7.17. The summed E-state index contributed by atoms with van der Waals surface area (Å²) in [6.45, 7) is 9.42. The smallest absolute Gasteiger partial charge is 0.242 e. The lowest BCUT2D eigenvalue weighted by atomic mass is 9.86. The van der Waals surface area contributed by atoms with Gasteiger partial charge in [0.1, 0.15) is 0 Å². The maximum atomic E-state index is 12.9. The highest BCUT2D eigenvalue weighted by Crippen LogP contribution is 2.29. The Morgan fingerprint density at radius 2 is 1.68 bits per heavy atom. The Labute approximate surface area is 151 Å². The Morgan fingerprint density at radius 3 is 2.12 bits per heavy atom. The number of hydrogen-bond acceptors (Lipinski definition) is 4. The van der Waals surface area contributed by atoms with Crippen molar-refractivity contribution in [2.75, 3.05) is 19.3 Å². The first-order chi connectivity index (χ1) is 11.5. The minimum Gasteiger partial charge on any atom is -0.348 e. The molecular formula is C19H30N2O3S. The van der Waals surface area contributed by atoms with Crippen LogP contribution in [-0.4, -0.2) is 38.4 Å². The van der Waals surface area contributed by atoms with E-state index in [0.29, 0.717) is 25.9 Å². The molecule has 1 unspecified atom stereocenters. The topological polar surface area (TPSA) is 75.3 Å². The number of benzene rings is 1. The lowest BCUT2D eigenvalue weighted by Crippen LogP contribution is -2.57. The lowest BCUT2D eigenvalue weighted by molar-refractivity contribution is -0.125. The lowest BCUT2D eigenvalue weighted by Gasteiger charge is -2.35. The number of rotatable bonds is 4. The molecule has 2 rings (SSSR count). The van der Waals surface area contributed by atoms with Crippen molar-refractivity contribution in [3.05, 3.63) is 35.4 Å². The maximum absolute atomic E-state index is 12.9. The SMILES string of the molecule is CC(NC(=O)C1(S(C)(=O)=O)CCNCC1)c1ccc(C(C)(C)C)cc1. The van der Waals surface area contributed by atoms with Crippen molar-refractivity contribution >= 4 is 15.7 Å². The van der Waals surface area contributed by atoms with Gasteiger partial charge in [-0.05, 0) is 49.4 Å². The van der Waals surface area contributed by atoms with E-state index in [0.717, 1.165) is 5.56 Å². The molecule has 5 nitrogen and oxygen atoms in total. The molecule has 0 bridgehead atoms. The average molecular weight is 367 g/mol. The Balaban J connectivity index is 2.18. The number of amides is 1. The second kappa shape index (κ2) is 7.08. The standard InChI is InChI=1S/C19H30N2O3S/c1-14(15-6-8-16(9-7-15)18(2,3)4)21-17(22)19(25(5,23)24)10-12-20-13-11-19/h6-9,14,20H,10-13H2,1-5H3,(H,21,22). The monoisotopic (exact) mass is 366 g/mol. The number of carbonyl (C=O) groups is 1. The van der Waals surface area contributed by atoms with Crippen LogP contribution in [0.5, 0.6) is 0 Å². The molecule has 6 heteroatoms. The molecule has 1 heterocycles. The van der Waals surface area contributed by atoms with Crippen LogP contribution in [-0.2, 0) is 20.0 Å². The van der Waals surface area contributed by atoms with Crippen molar-refractivity contribution in [1.82, 2.24) is 10.6 Å². The highest BCUT2D eigenvalue weighted by atomic mass is 32.2. The summed E-state index contributed by atoms with van der Waals surface area (Å²) in [6, 6.07) is 7.89. The third kappa shape index (κ3) is 4.23. The van der Waals surface area contributed by atoms with Gasteiger partial charge < -0.3 is 10.6 Å². The zero-order valence-electron chi connectivity index (χ0n) is 15.8. The summed E-state index contributed by atoms with van der Waals surface area (Å²) in [5.41, 5.74) is 2.26. The number of sulfone groups is 1. The molecule has 0 aliphatic carbocycles. The summed E-state index contributed by atoms with van der Waals surface area (Å²) >= 11 is 0. The molecule has 0 radical (unpaired) electrons. The van der Waals surface area contributed by atoms with Gasteiger partial charge in [0.2, 0.25) is 5.91 Å². The van der Waals surface area contributed by atoms with Gasteiger partial charge in [0, 0.05) is 6.26 Å². The molecule has 140 valence electrons. The minimum absolute atomic E-state index is 0.0699. The quantitative estimate of drug-likeness (QED) is 0.858. The van der Waals surface area contributed by atoms with E-state index in [9.17, 15) is 13.2 Å². The van der Waals surface area contributed by atoms with Gasteiger partial charge >= 0.3 is 0 Å². The zero-order chi connectivity index (χ0) is 18.9. The molecule has 1 fully saturated rings. The van der Waals surface area contributed by atoms with Gasteiger partial charge in [-0.15, -0.1) is 0 Å². The van der Waals surface area contributed by atoms with Gasteiger partial charge in [-0.1, -0.05) is 45.0 Å². The second-order valence-electron chi connectivity index (χ2n) is 8.08. The van der Waals surface area contributed by atoms with Crippen LogP contribution in [0.1, 0.15) is 57.7 Å². The van der Waals surface area contributed by atoms with Crippen LogP contribution < -0.4 is 10.6 Å². The van der Waals surface area contributed by atoms with E-state index in [-0.39, 0.29) is 17.4 Å². The van der Waals surface area contributed by atoms with E-state index in [1.165, 1.54) is 11.8 Å². The molecule has 0 saturated carbocycles. The molecule has 0 spiro atoms. The molecule has 1 aromatic rings. The number of nitrogens with one attached hydrogen (secondary N) is 2. The Morgan fingerprint density at radius 1 is 1.16 bits per heavy atom. The first-order valence-electron chi connectivity index (χ1n) is 8.79. The van der Waals surface area contributed by atoms with Crippen LogP contribution in [0.3, 0.4) is 0 Å². The Hall–Kier alpha value is -1.40. The normalized spacial score (nSPS) is 19.2. The molecule has 1 amide bonds. The van der Waals surface area contributed by atoms with Crippen molar-refractivity contribution in [2.24, 2.45) is 0 Å². The molecule has 1 saturated heterocycles. The minimum atomic E-state index is -3.49. The van der Waals surface area contributed by atoms with Crippen molar-refractivity contribution < 1.29 is 13.2 Å². The van der Waals surface area contributed by atoms with Gasteiger partial charge in [0.25, 0.3) is 0 Å². The summed E-state index contributed by atoms with van der Waals surface area (Å²) in [5, 5.41) is 6.05. The summed E-state index contributed by atoms with van der Waals surface area (Å²) in [4.78, 5) is 12.9. The van der Waals surface area contributed by atoms with E-state index in [4.69, 9.17) is 0 Å².